The van der Waals surface area contributed by atoms with Gasteiger partial charge in [-0.15, -0.1) is 0 Å². The maximum Gasteiger partial charge on any atom is 0.240 e. The molecule has 0 radical (unpaired) electrons. The van der Waals surface area contributed by atoms with Gasteiger partial charge >= 0.3 is 0 Å². The van der Waals surface area contributed by atoms with Gasteiger partial charge in [-0.25, -0.2) is 18.1 Å². The minimum atomic E-state index is -3.66. The van der Waals surface area contributed by atoms with Crippen LogP contribution in [0.1, 0.15) is 17.8 Å². The molecule has 1 aromatic heterocycles. The summed E-state index contributed by atoms with van der Waals surface area (Å²) < 4.78 is 29.4. The molecule has 2 heterocycles. The number of nitrogens with one attached hydrogen (secondary N) is 1. The number of halogens is 1. The number of hydrogen-bond acceptors (Lipinski definition) is 4. The van der Waals surface area contributed by atoms with Gasteiger partial charge in [0, 0.05) is 31.9 Å². The van der Waals surface area contributed by atoms with Crippen molar-refractivity contribution in [3.8, 4) is 6.07 Å². The Balaban J connectivity index is 1.69. The van der Waals surface area contributed by atoms with Gasteiger partial charge < -0.3 is 4.57 Å². The topological polar surface area (TPSA) is 87.8 Å². The van der Waals surface area contributed by atoms with Crippen molar-refractivity contribution in [2.75, 3.05) is 6.54 Å². The Morgan fingerprint density at radius 2 is 2.30 bits per heavy atom. The van der Waals surface area contributed by atoms with Crippen LogP contribution in [0.4, 0.5) is 0 Å². The number of rotatable bonds is 4. The second-order valence-corrected chi connectivity index (χ2v) is 7.68. The molecule has 1 aromatic carbocycles. The van der Waals surface area contributed by atoms with Crippen LogP contribution in [-0.2, 0) is 23.0 Å². The summed E-state index contributed by atoms with van der Waals surface area (Å²) >= 11 is 5.84. The molecule has 0 aliphatic carbocycles. The highest BCUT2D eigenvalue weighted by Gasteiger charge is 2.22. The monoisotopic (exact) mass is 350 g/mol. The van der Waals surface area contributed by atoms with Gasteiger partial charge in [0.15, 0.2) is 0 Å². The minimum Gasteiger partial charge on any atom is -0.335 e. The zero-order chi connectivity index (χ0) is 16.4. The Bertz CT molecular complexity index is 870. The van der Waals surface area contributed by atoms with Crippen LogP contribution in [0.2, 0.25) is 5.02 Å². The lowest BCUT2D eigenvalue weighted by molar-refractivity contribution is 0.363. The van der Waals surface area contributed by atoms with Gasteiger partial charge in [0.25, 0.3) is 0 Å². The van der Waals surface area contributed by atoms with Crippen molar-refractivity contribution in [3.63, 3.8) is 0 Å². The highest BCUT2D eigenvalue weighted by Crippen LogP contribution is 2.21. The molecular formula is C15H15ClN4O2S. The summed E-state index contributed by atoms with van der Waals surface area (Å²) in [6.07, 6.45) is 5.41. The van der Waals surface area contributed by atoms with Crippen molar-refractivity contribution in [1.29, 1.82) is 5.26 Å². The predicted molar refractivity (Wildman–Crippen MR) is 85.4 cm³/mol. The molecule has 1 N–H and O–H groups in total. The number of aromatic nitrogens is 2. The first-order valence-corrected chi connectivity index (χ1v) is 9.05. The summed E-state index contributed by atoms with van der Waals surface area (Å²) in [5.41, 5.74) is 0.148. The van der Waals surface area contributed by atoms with E-state index in [1.807, 2.05) is 12.3 Å². The number of aryl methyl sites for hydroxylation is 1. The Labute approximate surface area is 139 Å². The van der Waals surface area contributed by atoms with E-state index in [9.17, 15) is 8.42 Å². The van der Waals surface area contributed by atoms with Crippen LogP contribution in [0, 0.1) is 17.2 Å². The maximum atomic E-state index is 12.4. The molecule has 120 valence electrons. The van der Waals surface area contributed by atoms with Gasteiger partial charge in [0.1, 0.15) is 11.9 Å². The Morgan fingerprint density at radius 3 is 3.09 bits per heavy atom. The normalized spacial score (nSPS) is 17.5. The zero-order valence-corrected chi connectivity index (χ0v) is 13.8. The van der Waals surface area contributed by atoms with Gasteiger partial charge in [-0.3, -0.25) is 0 Å². The fourth-order valence-electron chi connectivity index (χ4n) is 2.67. The molecule has 0 saturated carbocycles. The molecule has 1 atom stereocenters. The quantitative estimate of drug-likeness (QED) is 0.912. The highest BCUT2D eigenvalue weighted by molar-refractivity contribution is 7.89. The third-order valence-corrected chi connectivity index (χ3v) is 5.71. The fourth-order valence-corrected chi connectivity index (χ4v) is 3.97. The number of sulfonamides is 1. The molecule has 8 heteroatoms. The lowest BCUT2D eigenvalue weighted by Crippen LogP contribution is -2.33. The van der Waals surface area contributed by atoms with E-state index >= 15 is 0 Å². The number of fused-ring (bicyclic) bond motifs is 1. The van der Waals surface area contributed by atoms with E-state index in [-0.39, 0.29) is 21.4 Å². The number of benzene rings is 1. The minimum absolute atomic E-state index is 0.0533. The molecule has 0 amide bonds. The van der Waals surface area contributed by atoms with Crippen molar-refractivity contribution in [2.24, 2.45) is 5.92 Å². The Hall–Kier alpha value is -1.88. The highest BCUT2D eigenvalue weighted by atomic mass is 35.5. The molecule has 0 bridgehead atoms. The standard InChI is InChI=1S/C15H15ClN4O2S/c16-14-3-2-13(7-12(14)8-17)23(21,22)19-9-11-1-4-15-18-5-6-20(15)10-11/h2-3,5-7,11,19H,1,4,9-10H2. The van der Waals surface area contributed by atoms with Gasteiger partial charge in [0.2, 0.25) is 10.0 Å². The summed E-state index contributed by atoms with van der Waals surface area (Å²) in [7, 11) is -3.66. The van der Waals surface area contributed by atoms with Crippen LogP contribution in [-0.4, -0.2) is 24.5 Å². The predicted octanol–water partition coefficient (Wildman–Crippen LogP) is 1.95. The van der Waals surface area contributed by atoms with Crippen molar-refractivity contribution in [2.45, 2.75) is 24.3 Å². The van der Waals surface area contributed by atoms with Gasteiger partial charge in [-0.2, -0.15) is 5.26 Å². The van der Waals surface area contributed by atoms with Crippen LogP contribution in [0.3, 0.4) is 0 Å². The summed E-state index contributed by atoms with van der Waals surface area (Å²) in [5, 5.41) is 9.20. The van der Waals surface area contributed by atoms with Gasteiger partial charge in [-0.05, 0) is 30.5 Å². The Kier molecular flexibility index (Phi) is 4.39. The van der Waals surface area contributed by atoms with E-state index in [1.54, 1.807) is 6.20 Å². The second-order valence-electron chi connectivity index (χ2n) is 5.51. The molecule has 1 aliphatic heterocycles. The molecule has 0 saturated heterocycles. The first-order chi connectivity index (χ1) is 11.0. The first-order valence-electron chi connectivity index (χ1n) is 7.19. The number of nitrogens with zero attached hydrogens (tertiary/aromatic N) is 3. The van der Waals surface area contributed by atoms with Crippen LogP contribution in [0.25, 0.3) is 0 Å². The van der Waals surface area contributed by atoms with Crippen molar-refractivity contribution in [3.05, 3.63) is 47.0 Å². The van der Waals surface area contributed by atoms with Crippen LogP contribution < -0.4 is 4.72 Å². The molecule has 0 spiro atoms. The lowest BCUT2D eigenvalue weighted by atomic mass is 10.00. The third kappa shape index (κ3) is 3.39. The van der Waals surface area contributed by atoms with E-state index in [0.29, 0.717) is 6.54 Å². The van der Waals surface area contributed by atoms with E-state index in [1.165, 1.54) is 18.2 Å². The van der Waals surface area contributed by atoms with Crippen molar-refractivity contribution >= 4 is 21.6 Å². The molecule has 6 nitrogen and oxygen atoms in total. The van der Waals surface area contributed by atoms with Crippen LogP contribution in [0.5, 0.6) is 0 Å². The molecule has 1 unspecified atom stereocenters. The summed E-state index contributed by atoms with van der Waals surface area (Å²) in [6, 6.07) is 6.00. The number of hydrogen-bond donors (Lipinski definition) is 1. The van der Waals surface area contributed by atoms with E-state index in [0.717, 1.165) is 25.2 Å². The smallest absolute Gasteiger partial charge is 0.240 e. The SMILES string of the molecule is N#Cc1cc(S(=O)(=O)NCC2CCc3nccn3C2)ccc1Cl. The van der Waals surface area contributed by atoms with Crippen LogP contribution >= 0.6 is 11.6 Å². The molecular weight excluding hydrogens is 336 g/mol. The van der Waals surface area contributed by atoms with Crippen molar-refractivity contribution < 1.29 is 8.42 Å². The zero-order valence-electron chi connectivity index (χ0n) is 12.2. The van der Waals surface area contributed by atoms with Gasteiger partial charge in [-0.1, -0.05) is 11.6 Å². The molecule has 1 aliphatic rings. The van der Waals surface area contributed by atoms with Crippen LogP contribution in [0.15, 0.2) is 35.5 Å². The van der Waals surface area contributed by atoms with E-state index < -0.39 is 10.0 Å². The van der Waals surface area contributed by atoms with E-state index in [4.69, 9.17) is 16.9 Å². The average molecular weight is 351 g/mol. The summed E-state index contributed by atoms with van der Waals surface area (Å²) in [4.78, 5) is 4.31. The van der Waals surface area contributed by atoms with Crippen molar-refractivity contribution in [1.82, 2.24) is 14.3 Å². The molecule has 0 fully saturated rings. The fraction of sp³-hybridized carbons (Fsp3) is 0.333. The third-order valence-electron chi connectivity index (χ3n) is 3.96. The second kappa shape index (κ2) is 6.32. The number of nitriles is 1. The molecule has 23 heavy (non-hydrogen) atoms. The maximum absolute atomic E-state index is 12.4. The van der Waals surface area contributed by atoms with Gasteiger partial charge in [0.05, 0.1) is 15.5 Å². The summed E-state index contributed by atoms with van der Waals surface area (Å²) in [5.74, 6) is 1.26. The first kappa shape index (κ1) is 16.0. The largest absolute Gasteiger partial charge is 0.335 e. The molecule has 3 rings (SSSR count). The molecule has 2 aromatic rings. The Morgan fingerprint density at radius 1 is 1.48 bits per heavy atom. The summed E-state index contributed by atoms with van der Waals surface area (Å²) in [6.45, 7) is 1.10. The number of imidazole rings is 1. The average Bonchev–Trinajstić information content (AvgIpc) is 3.01. The van der Waals surface area contributed by atoms with E-state index in [2.05, 4.69) is 14.3 Å². The lowest BCUT2D eigenvalue weighted by Gasteiger charge is -2.23.